The van der Waals surface area contributed by atoms with E-state index in [9.17, 15) is 4.79 Å². The van der Waals surface area contributed by atoms with E-state index in [1.54, 1.807) is 0 Å². The number of carbonyl (C=O) groups excluding carboxylic acids is 1. The van der Waals surface area contributed by atoms with E-state index in [2.05, 4.69) is 41.5 Å². The zero-order valence-corrected chi connectivity index (χ0v) is 15.9. The van der Waals surface area contributed by atoms with Gasteiger partial charge in [-0.1, -0.05) is 17.7 Å². The molecular weight excluding hydrogens is 334 g/mol. The molecule has 2 rings (SSSR count). The van der Waals surface area contributed by atoms with Crippen LogP contribution in [0.2, 0.25) is 5.02 Å². The molecule has 0 atom stereocenters. The maximum absolute atomic E-state index is 12.2. The van der Waals surface area contributed by atoms with Crippen molar-refractivity contribution in [3.8, 4) is 0 Å². The zero-order valence-electron chi connectivity index (χ0n) is 15.1. The van der Waals surface area contributed by atoms with Crippen LogP contribution in [0.15, 0.2) is 42.5 Å². The van der Waals surface area contributed by atoms with E-state index in [-0.39, 0.29) is 5.91 Å². The molecule has 0 saturated carbocycles. The molecule has 0 radical (unpaired) electrons. The quantitative estimate of drug-likeness (QED) is 0.702. The number of anilines is 3. The number of aryl methyl sites for hydroxylation is 1. The number of nitrogens with one attached hydrogen (secondary N) is 2. The molecular formula is C20H26ClN3O. The summed E-state index contributed by atoms with van der Waals surface area (Å²) >= 11 is 5.94. The Morgan fingerprint density at radius 1 is 1.12 bits per heavy atom. The molecule has 25 heavy (non-hydrogen) atoms. The van der Waals surface area contributed by atoms with Crippen LogP contribution in [-0.2, 0) is 4.79 Å². The molecule has 0 aliphatic carbocycles. The van der Waals surface area contributed by atoms with Gasteiger partial charge >= 0.3 is 0 Å². The second kappa shape index (κ2) is 9.33. The largest absolute Gasteiger partial charge is 0.384 e. The minimum absolute atomic E-state index is 0.00628. The lowest BCUT2D eigenvalue weighted by Gasteiger charge is -2.22. The molecule has 2 aromatic rings. The Hall–Kier alpha value is -2.20. The second-order valence-electron chi connectivity index (χ2n) is 5.91. The van der Waals surface area contributed by atoms with Crippen LogP contribution >= 0.6 is 11.6 Å². The van der Waals surface area contributed by atoms with Crippen molar-refractivity contribution in [2.75, 3.05) is 35.2 Å². The third kappa shape index (κ3) is 5.68. The van der Waals surface area contributed by atoms with Crippen molar-refractivity contribution < 1.29 is 4.79 Å². The lowest BCUT2D eigenvalue weighted by molar-refractivity contribution is -0.115. The van der Waals surface area contributed by atoms with Gasteiger partial charge in [0.15, 0.2) is 0 Å². The van der Waals surface area contributed by atoms with Crippen LogP contribution in [0.1, 0.15) is 25.8 Å². The van der Waals surface area contributed by atoms with Gasteiger partial charge in [-0.3, -0.25) is 4.79 Å². The molecule has 0 aliphatic heterocycles. The first-order chi connectivity index (χ1) is 12.0. The number of halogens is 1. The highest BCUT2D eigenvalue weighted by molar-refractivity contribution is 6.30. The van der Waals surface area contributed by atoms with Gasteiger partial charge in [0, 0.05) is 48.1 Å². The molecule has 2 N–H and O–H groups in total. The normalized spacial score (nSPS) is 10.4. The Labute approximate surface area is 155 Å². The van der Waals surface area contributed by atoms with Crippen LogP contribution in [0.4, 0.5) is 17.1 Å². The van der Waals surface area contributed by atoms with E-state index in [1.807, 2.05) is 37.3 Å². The van der Waals surface area contributed by atoms with Crippen molar-refractivity contribution >= 4 is 34.6 Å². The van der Waals surface area contributed by atoms with Gasteiger partial charge in [0.05, 0.1) is 0 Å². The highest BCUT2D eigenvalue weighted by atomic mass is 35.5. The second-order valence-corrected chi connectivity index (χ2v) is 6.34. The maximum atomic E-state index is 12.2. The molecule has 0 unspecified atom stereocenters. The fourth-order valence-electron chi connectivity index (χ4n) is 2.71. The number of nitrogens with zero attached hydrogens (tertiary/aromatic N) is 1. The van der Waals surface area contributed by atoms with E-state index < -0.39 is 0 Å². The summed E-state index contributed by atoms with van der Waals surface area (Å²) in [7, 11) is 0. The molecule has 0 spiro atoms. The Morgan fingerprint density at radius 3 is 2.52 bits per heavy atom. The van der Waals surface area contributed by atoms with Gasteiger partial charge < -0.3 is 15.5 Å². The number of benzene rings is 2. The van der Waals surface area contributed by atoms with Crippen molar-refractivity contribution in [3.05, 3.63) is 53.1 Å². The molecule has 0 aliphatic rings. The molecule has 0 saturated heterocycles. The van der Waals surface area contributed by atoms with Crippen molar-refractivity contribution in [1.29, 1.82) is 0 Å². The summed E-state index contributed by atoms with van der Waals surface area (Å²) in [5.41, 5.74) is 4.03. The molecule has 0 fully saturated rings. The molecule has 4 nitrogen and oxygen atoms in total. The fraction of sp³-hybridized carbons (Fsp3) is 0.350. The van der Waals surface area contributed by atoms with Crippen LogP contribution in [0.5, 0.6) is 0 Å². The summed E-state index contributed by atoms with van der Waals surface area (Å²) in [4.78, 5) is 14.5. The van der Waals surface area contributed by atoms with Gasteiger partial charge in [-0.15, -0.1) is 0 Å². The summed E-state index contributed by atoms with van der Waals surface area (Å²) in [6.45, 7) is 8.80. The fourth-order valence-corrected chi connectivity index (χ4v) is 2.90. The topological polar surface area (TPSA) is 44.4 Å². The van der Waals surface area contributed by atoms with E-state index >= 15 is 0 Å². The Bertz CT molecular complexity index is 714. The minimum atomic E-state index is -0.00628. The van der Waals surface area contributed by atoms with Gasteiger partial charge in [0.2, 0.25) is 5.91 Å². The van der Waals surface area contributed by atoms with Gasteiger partial charge in [-0.05, 0) is 62.7 Å². The van der Waals surface area contributed by atoms with Crippen molar-refractivity contribution in [2.24, 2.45) is 0 Å². The lowest BCUT2D eigenvalue weighted by Crippen LogP contribution is -2.22. The van der Waals surface area contributed by atoms with Gasteiger partial charge in [-0.25, -0.2) is 0 Å². The zero-order chi connectivity index (χ0) is 18.2. The number of rotatable bonds is 8. The SMILES string of the molecule is CCN(CC)c1ccc(NC(=O)CCNc2cccc(Cl)c2)c(C)c1. The minimum Gasteiger partial charge on any atom is -0.384 e. The van der Waals surface area contributed by atoms with Gasteiger partial charge in [0.25, 0.3) is 0 Å². The molecule has 0 aromatic heterocycles. The van der Waals surface area contributed by atoms with Crippen LogP contribution in [0, 0.1) is 6.92 Å². The molecule has 1 amide bonds. The molecule has 0 heterocycles. The monoisotopic (exact) mass is 359 g/mol. The Kier molecular flexibility index (Phi) is 7.14. The third-order valence-corrected chi connectivity index (χ3v) is 4.35. The van der Waals surface area contributed by atoms with E-state index in [4.69, 9.17) is 11.6 Å². The number of carbonyl (C=O) groups is 1. The molecule has 134 valence electrons. The molecule has 2 aromatic carbocycles. The summed E-state index contributed by atoms with van der Waals surface area (Å²) < 4.78 is 0. The van der Waals surface area contributed by atoms with Gasteiger partial charge in [0.1, 0.15) is 0 Å². The van der Waals surface area contributed by atoms with Crippen LogP contribution < -0.4 is 15.5 Å². The highest BCUT2D eigenvalue weighted by Crippen LogP contribution is 2.23. The number of amides is 1. The van der Waals surface area contributed by atoms with Crippen molar-refractivity contribution in [3.63, 3.8) is 0 Å². The summed E-state index contributed by atoms with van der Waals surface area (Å²) in [6.07, 6.45) is 0.393. The van der Waals surface area contributed by atoms with Gasteiger partial charge in [-0.2, -0.15) is 0 Å². The van der Waals surface area contributed by atoms with Crippen LogP contribution in [0.25, 0.3) is 0 Å². The van der Waals surface area contributed by atoms with Crippen LogP contribution in [-0.4, -0.2) is 25.5 Å². The van der Waals surface area contributed by atoms with Crippen molar-refractivity contribution in [1.82, 2.24) is 0 Å². The first-order valence-corrected chi connectivity index (χ1v) is 9.06. The average Bonchev–Trinajstić information content (AvgIpc) is 2.58. The third-order valence-electron chi connectivity index (χ3n) is 4.12. The Balaban J connectivity index is 1.87. The Morgan fingerprint density at radius 2 is 1.88 bits per heavy atom. The highest BCUT2D eigenvalue weighted by Gasteiger charge is 2.08. The average molecular weight is 360 g/mol. The predicted molar refractivity (Wildman–Crippen MR) is 108 cm³/mol. The molecule has 0 bridgehead atoms. The number of hydrogen-bond donors (Lipinski definition) is 2. The lowest BCUT2D eigenvalue weighted by atomic mass is 10.1. The molecule has 5 heteroatoms. The summed E-state index contributed by atoms with van der Waals surface area (Å²) in [6, 6.07) is 13.6. The van der Waals surface area contributed by atoms with Crippen LogP contribution in [0.3, 0.4) is 0 Å². The number of hydrogen-bond acceptors (Lipinski definition) is 3. The maximum Gasteiger partial charge on any atom is 0.226 e. The van der Waals surface area contributed by atoms with E-state index in [1.165, 1.54) is 5.69 Å². The summed E-state index contributed by atoms with van der Waals surface area (Å²) in [5, 5.41) is 6.87. The van der Waals surface area contributed by atoms with Crippen molar-refractivity contribution in [2.45, 2.75) is 27.2 Å². The van der Waals surface area contributed by atoms with E-state index in [0.29, 0.717) is 18.0 Å². The standard InChI is InChI=1S/C20H26ClN3O/c1-4-24(5-2)18-9-10-19(15(3)13-18)23-20(25)11-12-22-17-8-6-7-16(21)14-17/h6-10,13-14,22H,4-5,11-12H2,1-3H3,(H,23,25). The van der Waals surface area contributed by atoms with E-state index in [0.717, 1.165) is 30.0 Å². The predicted octanol–water partition coefficient (Wildman–Crippen LogP) is 4.94. The first-order valence-electron chi connectivity index (χ1n) is 8.68. The smallest absolute Gasteiger partial charge is 0.226 e. The summed E-state index contributed by atoms with van der Waals surface area (Å²) in [5.74, 6) is -0.00628. The first kappa shape index (κ1) is 19.1.